The molecule has 7 heteroatoms. The molecular formula is C22H29ClN6. The zero-order valence-corrected chi connectivity index (χ0v) is 17.8. The van der Waals surface area contributed by atoms with Crippen LogP contribution in [0.3, 0.4) is 0 Å². The first-order valence-electron chi connectivity index (χ1n) is 10.4. The second-order valence-corrected chi connectivity index (χ2v) is 9.21. The highest BCUT2D eigenvalue weighted by atomic mass is 35.5. The molecule has 0 bridgehead atoms. The van der Waals surface area contributed by atoms with Gasteiger partial charge in [0.2, 0.25) is 0 Å². The van der Waals surface area contributed by atoms with E-state index in [0.717, 1.165) is 35.8 Å². The van der Waals surface area contributed by atoms with Crippen molar-refractivity contribution in [3.63, 3.8) is 0 Å². The van der Waals surface area contributed by atoms with E-state index in [4.69, 9.17) is 22.4 Å². The molecule has 1 saturated carbocycles. The number of likely N-dealkylation sites (tertiary alicyclic amines) is 2. The summed E-state index contributed by atoms with van der Waals surface area (Å²) in [6.07, 6.45) is 5.08. The lowest BCUT2D eigenvalue weighted by Gasteiger charge is -2.53. The van der Waals surface area contributed by atoms with E-state index in [9.17, 15) is 0 Å². The summed E-state index contributed by atoms with van der Waals surface area (Å²) in [5, 5.41) is 3.86. The molecule has 29 heavy (non-hydrogen) atoms. The Kier molecular flexibility index (Phi) is 4.24. The Bertz CT molecular complexity index is 989. The maximum absolute atomic E-state index is 6.40. The summed E-state index contributed by atoms with van der Waals surface area (Å²) in [4.78, 5) is 9.63. The van der Waals surface area contributed by atoms with Crippen molar-refractivity contribution in [2.24, 2.45) is 11.3 Å². The molecule has 154 valence electrons. The minimum Gasteiger partial charge on any atom is -0.375 e. The maximum Gasteiger partial charge on any atom is 0.147 e. The van der Waals surface area contributed by atoms with Crippen LogP contribution in [-0.4, -0.2) is 45.6 Å². The van der Waals surface area contributed by atoms with Crippen molar-refractivity contribution < 1.29 is 0 Å². The molecule has 1 aromatic heterocycles. The fourth-order valence-corrected chi connectivity index (χ4v) is 5.99. The third-order valence-electron chi connectivity index (χ3n) is 7.41. The van der Waals surface area contributed by atoms with Gasteiger partial charge < -0.3 is 21.0 Å². The summed E-state index contributed by atoms with van der Waals surface area (Å²) in [7, 11) is 1.94. The van der Waals surface area contributed by atoms with Crippen LogP contribution in [0.4, 0.5) is 0 Å². The number of nitrogens with one attached hydrogen (secondary N) is 1. The van der Waals surface area contributed by atoms with Gasteiger partial charge in [0.05, 0.1) is 23.4 Å². The van der Waals surface area contributed by atoms with Crippen molar-refractivity contribution in [2.45, 2.75) is 38.3 Å². The largest absolute Gasteiger partial charge is 0.375 e. The van der Waals surface area contributed by atoms with E-state index < -0.39 is 0 Å². The van der Waals surface area contributed by atoms with Crippen molar-refractivity contribution >= 4 is 22.6 Å². The molecule has 2 atom stereocenters. The Hall–Kier alpha value is -2.34. The lowest BCUT2D eigenvalue weighted by Crippen LogP contribution is -2.60. The Morgan fingerprint density at radius 1 is 1.34 bits per heavy atom. The topological polar surface area (TPSA) is 62.3 Å². The molecule has 1 spiro atoms. The van der Waals surface area contributed by atoms with Gasteiger partial charge in [-0.1, -0.05) is 37.6 Å². The van der Waals surface area contributed by atoms with E-state index in [1.807, 2.05) is 25.2 Å². The summed E-state index contributed by atoms with van der Waals surface area (Å²) < 4.78 is 1.69. The van der Waals surface area contributed by atoms with Gasteiger partial charge in [0.1, 0.15) is 5.82 Å². The van der Waals surface area contributed by atoms with Crippen molar-refractivity contribution in [1.82, 2.24) is 24.8 Å². The second-order valence-electron chi connectivity index (χ2n) is 8.77. The van der Waals surface area contributed by atoms with E-state index in [1.165, 1.54) is 31.4 Å². The van der Waals surface area contributed by atoms with Crippen LogP contribution in [0.2, 0.25) is 5.02 Å². The van der Waals surface area contributed by atoms with Crippen LogP contribution in [0.5, 0.6) is 0 Å². The summed E-state index contributed by atoms with van der Waals surface area (Å²) >= 11 is 6.16. The first-order valence-corrected chi connectivity index (χ1v) is 10.8. The van der Waals surface area contributed by atoms with Crippen molar-refractivity contribution in [2.75, 3.05) is 26.0 Å². The van der Waals surface area contributed by atoms with Crippen molar-refractivity contribution in [3.05, 3.63) is 53.7 Å². The normalized spacial score (nSPS) is 25.4. The molecule has 0 amide bonds. The molecule has 3 N–H and O–H groups in total. The van der Waals surface area contributed by atoms with E-state index in [2.05, 4.69) is 28.3 Å². The SMILES string of the molecule is C=C(NC)N1CC2(C1)C(=C)N(Cc1nc3ccc(Cl)cc3n1N)C1CCCCC12. The van der Waals surface area contributed by atoms with E-state index >= 15 is 0 Å². The van der Waals surface area contributed by atoms with Gasteiger partial charge in [-0.15, -0.1) is 0 Å². The first-order chi connectivity index (χ1) is 13.9. The number of nitrogen functional groups attached to an aromatic ring is 1. The number of nitrogens with zero attached hydrogens (tertiary/aromatic N) is 4. The maximum atomic E-state index is 6.40. The molecule has 2 aromatic rings. The molecule has 2 aliphatic heterocycles. The van der Waals surface area contributed by atoms with Gasteiger partial charge in [-0.25, -0.2) is 9.66 Å². The van der Waals surface area contributed by atoms with Crippen LogP contribution in [0.25, 0.3) is 11.0 Å². The molecule has 2 unspecified atom stereocenters. The zero-order valence-electron chi connectivity index (χ0n) is 17.0. The number of halogens is 1. The predicted octanol–water partition coefficient (Wildman–Crippen LogP) is 3.28. The van der Waals surface area contributed by atoms with Crippen LogP contribution < -0.4 is 11.2 Å². The molecule has 2 saturated heterocycles. The number of hydrogen-bond donors (Lipinski definition) is 2. The van der Waals surface area contributed by atoms with E-state index in [0.29, 0.717) is 23.5 Å². The van der Waals surface area contributed by atoms with Crippen LogP contribution in [0, 0.1) is 11.3 Å². The summed E-state index contributed by atoms with van der Waals surface area (Å²) in [5.74, 6) is 8.91. The van der Waals surface area contributed by atoms with E-state index in [1.54, 1.807) is 4.68 Å². The molecule has 5 rings (SSSR count). The molecule has 1 aliphatic carbocycles. The highest BCUT2D eigenvalue weighted by Crippen LogP contribution is 2.58. The van der Waals surface area contributed by atoms with Gasteiger partial charge in [0.15, 0.2) is 0 Å². The molecule has 0 radical (unpaired) electrons. The molecule has 3 aliphatic rings. The van der Waals surface area contributed by atoms with Gasteiger partial charge in [-0.2, -0.15) is 0 Å². The van der Waals surface area contributed by atoms with Crippen LogP contribution in [0.1, 0.15) is 31.5 Å². The number of hydrogen-bond acceptors (Lipinski definition) is 5. The molecular weight excluding hydrogens is 384 g/mol. The van der Waals surface area contributed by atoms with Crippen LogP contribution >= 0.6 is 11.6 Å². The molecule has 3 fully saturated rings. The summed E-state index contributed by atoms with van der Waals surface area (Å²) in [6, 6.07) is 6.19. The Morgan fingerprint density at radius 2 is 2.10 bits per heavy atom. The Labute approximate surface area is 177 Å². The van der Waals surface area contributed by atoms with Crippen LogP contribution in [0.15, 0.2) is 42.9 Å². The predicted molar refractivity (Wildman–Crippen MR) is 118 cm³/mol. The van der Waals surface area contributed by atoms with Crippen molar-refractivity contribution in [1.29, 1.82) is 0 Å². The molecule has 3 heterocycles. The number of imidazole rings is 1. The monoisotopic (exact) mass is 412 g/mol. The highest BCUT2D eigenvalue weighted by molar-refractivity contribution is 6.31. The van der Waals surface area contributed by atoms with E-state index in [-0.39, 0.29) is 5.41 Å². The first kappa shape index (κ1) is 18.7. The van der Waals surface area contributed by atoms with Gasteiger partial charge >= 0.3 is 0 Å². The van der Waals surface area contributed by atoms with Gasteiger partial charge in [-0.3, -0.25) is 0 Å². The quantitative estimate of drug-likeness (QED) is 0.754. The third kappa shape index (κ3) is 2.65. The van der Waals surface area contributed by atoms with Gasteiger partial charge in [0.25, 0.3) is 0 Å². The Morgan fingerprint density at radius 3 is 2.86 bits per heavy atom. The lowest BCUT2D eigenvalue weighted by molar-refractivity contribution is 0.00623. The highest BCUT2D eigenvalue weighted by Gasteiger charge is 2.61. The van der Waals surface area contributed by atoms with Crippen LogP contribution in [-0.2, 0) is 6.54 Å². The van der Waals surface area contributed by atoms with Gasteiger partial charge in [0, 0.05) is 42.3 Å². The third-order valence-corrected chi connectivity index (χ3v) is 7.65. The number of benzene rings is 1. The lowest BCUT2D eigenvalue weighted by atomic mass is 9.64. The second kappa shape index (κ2) is 6.59. The fourth-order valence-electron chi connectivity index (χ4n) is 5.82. The number of nitrogens with two attached hydrogens (primary N) is 1. The zero-order chi connectivity index (χ0) is 20.3. The number of aromatic nitrogens is 2. The average molecular weight is 413 g/mol. The summed E-state index contributed by atoms with van der Waals surface area (Å²) in [6.45, 7) is 11.4. The number of fused-ring (bicyclic) bond motifs is 3. The smallest absolute Gasteiger partial charge is 0.147 e. The molecule has 1 aromatic carbocycles. The molecule has 6 nitrogen and oxygen atoms in total. The minimum atomic E-state index is 0.152. The summed E-state index contributed by atoms with van der Waals surface area (Å²) in [5.41, 5.74) is 3.15. The fraction of sp³-hybridized carbons (Fsp3) is 0.500. The standard InChI is InChI=1S/C22H29ClN6/c1-14-22(12-27(13-22)15(2)25-3)17-6-4-5-7-19(17)28(14)11-21-26-18-9-8-16(23)10-20(18)29(21)24/h8-10,17,19,25H,1-2,4-7,11-13,24H2,3H3. The average Bonchev–Trinajstić information content (AvgIpc) is 3.13. The minimum absolute atomic E-state index is 0.152. The van der Waals surface area contributed by atoms with Crippen molar-refractivity contribution in [3.8, 4) is 0 Å². The number of rotatable bonds is 4. The van der Waals surface area contributed by atoms with Gasteiger partial charge in [-0.05, 0) is 37.0 Å². The Balaban J connectivity index is 1.45.